The van der Waals surface area contributed by atoms with Gasteiger partial charge < -0.3 is 10.2 Å². The third-order valence-electron chi connectivity index (χ3n) is 4.11. The average molecular weight is 210 g/mol. The predicted molar refractivity (Wildman–Crippen MR) is 65.0 cm³/mol. The maximum absolute atomic E-state index is 3.68. The SMILES string of the molecule is CC(C)C(C)NCC1CCN(C2CC2)C1. The van der Waals surface area contributed by atoms with Crippen LogP contribution in [0.3, 0.4) is 0 Å². The largest absolute Gasteiger partial charge is 0.314 e. The van der Waals surface area contributed by atoms with Crippen molar-refractivity contribution in [2.24, 2.45) is 11.8 Å². The first-order valence-corrected chi connectivity index (χ1v) is 6.64. The molecule has 1 aliphatic heterocycles. The van der Waals surface area contributed by atoms with Crippen LogP contribution in [-0.4, -0.2) is 36.6 Å². The second-order valence-corrected chi connectivity index (χ2v) is 5.82. The zero-order chi connectivity index (χ0) is 10.8. The Bertz CT molecular complexity index is 199. The van der Waals surface area contributed by atoms with Crippen LogP contribution in [0.4, 0.5) is 0 Å². The van der Waals surface area contributed by atoms with Crippen molar-refractivity contribution < 1.29 is 0 Å². The summed E-state index contributed by atoms with van der Waals surface area (Å²) >= 11 is 0. The highest BCUT2D eigenvalue weighted by atomic mass is 15.2. The molecule has 0 aromatic heterocycles. The van der Waals surface area contributed by atoms with Crippen LogP contribution in [0.2, 0.25) is 0 Å². The molecule has 0 amide bonds. The van der Waals surface area contributed by atoms with Crippen molar-refractivity contribution in [2.45, 2.75) is 52.1 Å². The molecule has 2 heteroatoms. The maximum atomic E-state index is 3.68. The van der Waals surface area contributed by atoms with Gasteiger partial charge in [-0.2, -0.15) is 0 Å². The second-order valence-electron chi connectivity index (χ2n) is 5.82. The third-order valence-corrected chi connectivity index (χ3v) is 4.11. The molecule has 88 valence electrons. The summed E-state index contributed by atoms with van der Waals surface area (Å²) in [4.78, 5) is 2.70. The molecule has 0 aromatic carbocycles. The molecule has 2 atom stereocenters. The van der Waals surface area contributed by atoms with Gasteiger partial charge in [-0.15, -0.1) is 0 Å². The summed E-state index contributed by atoms with van der Waals surface area (Å²) in [6.07, 6.45) is 4.33. The standard InChI is InChI=1S/C13H26N2/c1-10(2)11(3)14-8-12-6-7-15(9-12)13-4-5-13/h10-14H,4-9H2,1-3H3. The summed E-state index contributed by atoms with van der Waals surface area (Å²) in [5.41, 5.74) is 0. The lowest BCUT2D eigenvalue weighted by atomic mass is 10.0. The molecule has 2 nitrogen and oxygen atoms in total. The van der Waals surface area contributed by atoms with Crippen LogP contribution in [0.1, 0.15) is 40.0 Å². The monoisotopic (exact) mass is 210 g/mol. The van der Waals surface area contributed by atoms with E-state index < -0.39 is 0 Å². The fourth-order valence-electron chi connectivity index (χ4n) is 2.39. The van der Waals surface area contributed by atoms with Crippen molar-refractivity contribution in [3.8, 4) is 0 Å². The number of likely N-dealkylation sites (tertiary alicyclic amines) is 1. The van der Waals surface area contributed by atoms with Gasteiger partial charge in [0.25, 0.3) is 0 Å². The molecular weight excluding hydrogens is 184 g/mol. The van der Waals surface area contributed by atoms with Gasteiger partial charge in [0.2, 0.25) is 0 Å². The zero-order valence-corrected chi connectivity index (χ0v) is 10.5. The minimum absolute atomic E-state index is 0.667. The van der Waals surface area contributed by atoms with E-state index in [9.17, 15) is 0 Å². The van der Waals surface area contributed by atoms with Gasteiger partial charge in [0.05, 0.1) is 0 Å². The number of rotatable bonds is 5. The molecule has 1 saturated carbocycles. The average Bonchev–Trinajstić information content (AvgIpc) is 2.95. The van der Waals surface area contributed by atoms with Gasteiger partial charge in [0.15, 0.2) is 0 Å². The quantitative estimate of drug-likeness (QED) is 0.747. The van der Waals surface area contributed by atoms with E-state index in [0.29, 0.717) is 6.04 Å². The van der Waals surface area contributed by atoms with Gasteiger partial charge in [-0.3, -0.25) is 0 Å². The van der Waals surface area contributed by atoms with Gasteiger partial charge in [-0.25, -0.2) is 0 Å². The van der Waals surface area contributed by atoms with Crippen molar-refractivity contribution in [1.82, 2.24) is 10.2 Å². The number of nitrogens with one attached hydrogen (secondary N) is 1. The summed E-state index contributed by atoms with van der Waals surface area (Å²) in [5, 5.41) is 3.68. The van der Waals surface area contributed by atoms with E-state index in [2.05, 4.69) is 31.0 Å². The van der Waals surface area contributed by atoms with Crippen molar-refractivity contribution in [2.75, 3.05) is 19.6 Å². The van der Waals surface area contributed by atoms with Crippen molar-refractivity contribution in [3.05, 3.63) is 0 Å². The first-order chi connectivity index (χ1) is 7.16. The number of hydrogen-bond donors (Lipinski definition) is 1. The second kappa shape index (κ2) is 4.84. The van der Waals surface area contributed by atoms with Crippen LogP contribution in [0.5, 0.6) is 0 Å². The Morgan fingerprint density at radius 1 is 1.20 bits per heavy atom. The Morgan fingerprint density at radius 3 is 2.53 bits per heavy atom. The molecule has 0 radical (unpaired) electrons. The van der Waals surface area contributed by atoms with E-state index in [1.807, 2.05) is 0 Å². The predicted octanol–water partition coefficient (Wildman–Crippen LogP) is 2.10. The van der Waals surface area contributed by atoms with Crippen LogP contribution >= 0.6 is 0 Å². The smallest absolute Gasteiger partial charge is 0.00965 e. The molecule has 15 heavy (non-hydrogen) atoms. The summed E-state index contributed by atoms with van der Waals surface area (Å²) < 4.78 is 0. The first kappa shape index (κ1) is 11.4. The molecule has 1 heterocycles. The van der Waals surface area contributed by atoms with Crippen LogP contribution in [-0.2, 0) is 0 Å². The fourth-order valence-corrected chi connectivity index (χ4v) is 2.39. The van der Waals surface area contributed by atoms with Crippen molar-refractivity contribution >= 4 is 0 Å². The third kappa shape index (κ3) is 3.18. The molecule has 0 bridgehead atoms. The Labute approximate surface area is 94.4 Å². The fraction of sp³-hybridized carbons (Fsp3) is 1.00. The number of hydrogen-bond acceptors (Lipinski definition) is 2. The van der Waals surface area contributed by atoms with Crippen molar-refractivity contribution in [1.29, 1.82) is 0 Å². The summed E-state index contributed by atoms with van der Waals surface area (Å²) in [7, 11) is 0. The summed E-state index contributed by atoms with van der Waals surface area (Å²) in [6.45, 7) is 10.8. The van der Waals surface area contributed by atoms with E-state index in [1.165, 1.54) is 38.9 Å². The normalized spacial score (nSPS) is 30.0. The highest BCUT2D eigenvalue weighted by molar-refractivity contribution is 4.90. The lowest BCUT2D eigenvalue weighted by Gasteiger charge is -2.20. The van der Waals surface area contributed by atoms with E-state index in [-0.39, 0.29) is 0 Å². The van der Waals surface area contributed by atoms with Crippen LogP contribution in [0.25, 0.3) is 0 Å². The highest BCUT2D eigenvalue weighted by Crippen LogP contribution is 2.31. The van der Waals surface area contributed by atoms with Crippen LogP contribution in [0, 0.1) is 11.8 Å². The Balaban J connectivity index is 1.63. The van der Waals surface area contributed by atoms with Crippen LogP contribution in [0.15, 0.2) is 0 Å². The summed E-state index contributed by atoms with van der Waals surface area (Å²) in [6, 6.07) is 1.64. The minimum atomic E-state index is 0.667. The Morgan fingerprint density at radius 2 is 1.93 bits per heavy atom. The molecule has 1 saturated heterocycles. The Kier molecular flexibility index (Phi) is 3.68. The van der Waals surface area contributed by atoms with E-state index in [1.54, 1.807) is 0 Å². The molecule has 1 N–H and O–H groups in total. The summed E-state index contributed by atoms with van der Waals surface area (Å²) in [5.74, 6) is 1.66. The molecule has 0 spiro atoms. The van der Waals surface area contributed by atoms with E-state index in [4.69, 9.17) is 0 Å². The molecular formula is C13H26N2. The molecule has 0 aromatic rings. The van der Waals surface area contributed by atoms with E-state index in [0.717, 1.165) is 17.9 Å². The lowest BCUT2D eigenvalue weighted by molar-refractivity contribution is 0.306. The molecule has 1 aliphatic carbocycles. The van der Waals surface area contributed by atoms with Crippen LogP contribution < -0.4 is 5.32 Å². The van der Waals surface area contributed by atoms with Gasteiger partial charge in [-0.05, 0) is 51.1 Å². The minimum Gasteiger partial charge on any atom is -0.314 e. The highest BCUT2D eigenvalue weighted by Gasteiger charge is 2.34. The van der Waals surface area contributed by atoms with Gasteiger partial charge in [0, 0.05) is 18.6 Å². The topological polar surface area (TPSA) is 15.3 Å². The molecule has 2 unspecified atom stereocenters. The molecule has 2 fully saturated rings. The van der Waals surface area contributed by atoms with Gasteiger partial charge in [0.1, 0.15) is 0 Å². The number of nitrogens with zero attached hydrogens (tertiary/aromatic N) is 1. The maximum Gasteiger partial charge on any atom is 0.00965 e. The van der Waals surface area contributed by atoms with E-state index >= 15 is 0 Å². The first-order valence-electron chi connectivity index (χ1n) is 6.64. The van der Waals surface area contributed by atoms with Crippen molar-refractivity contribution in [3.63, 3.8) is 0 Å². The molecule has 2 aliphatic rings. The lowest BCUT2D eigenvalue weighted by Crippen LogP contribution is -2.35. The van der Waals surface area contributed by atoms with Gasteiger partial charge in [-0.1, -0.05) is 13.8 Å². The Hall–Kier alpha value is -0.0800. The zero-order valence-electron chi connectivity index (χ0n) is 10.5. The van der Waals surface area contributed by atoms with Gasteiger partial charge >= 0.3 is 0 Å². The molecule has 2 rings (SSSR count).